The van der Waals surface area contributed by atoms with Gasteiger partial charge in [-0.25, -0.2) is 0 Å². The molecule has 1 aromatic carbocycles. The zero-order chi connectivity index (χ0) is 8.81. The molecule has 3 N–H and O–H groups in total. The molecule has 1 rings (SSSR count). The molecule has 0 unspecified atom stereocenters. The predicted octanol–water partition coefficient (Wildman–Crippen LogP) is 0.131. The van der Waals surface area contributed by atoms with Gasteiger partial charge >= 0.3 is 0 Å². The Morgan fingerprint density at radius 3 is 2.58 bits per heavy atom. The first-order chi connectivity index (χ1) is 5.79. The van der Waals surface area contributed by atoms with Crippen molar-refractivity contribution in [2.24, 2.45) is 0 Å². The van der Waals surface area contributed by atoms with Gasteiger partial charge in [0.2, 0.25) is 0 Å². The van der Waals surface area contributed by atoms with Crippen LogP contribution in [-0.2, 0) is 6.54 Å². The Bertz CT molecular complexity index is 208. The van der Waals surface area contributed by atoms with Gasteiger partial charge in [-0.2, -0.15) is 0 Å². The summed E-state index contributed by atoms with van der Waals surface area (Å²) in [6.07, 6.45) is -0.214. The fourth-order valence-corrected chi connectivity index (χ4v) is 1.11. The minimum absolute atomic E-state index is 0.214. The van der Waals surface area contributed by atoms with Gasteiger partial charge in [-0.1, -0.05) is 30.3 Å². The van der Waals surface area contributed by atoms with E-state index in [2.05, 4.69) is 17.4 Å². The molecule has 2 nitrogen and oxygen atoms in total. The normalized spacial score (nSPS) is 12.8. The van der Waals surface area contributed by atoms with E-state index in [1.807, 2.05) is 25.1 Å². The van der Waals surface area contributed by atoms with Crippen molar-refractivity contribution in [2.45, 2.75) is 19.6 Å². The highest BCUT2D eigenvalue weighted by Crippen LogP contribution is 1.94. The highest BCUT2D eigenvalue weighted by atomic mass is 16.3. The lowest BCUT2D eigenvalue weighted by Crippen LogP contribution is -2.84. The molecule has 0 saturated carbocycles. The summed E-state index contributed by atoms with van der Waals surface area (Å²) in [6, 6.07) is 10.3. The molecule has 0 aliphatic carbocycles. The first-order valence-corrected chi connectivity index (χ1v) is 4.32. The van der Waals surface area contributed by atoms with Crippen LogP contribution in [0.5, 0.6) is 0 Å². The number of aliphatic hydroxyl groups excluding tert-OH is 1. The average molecular weight is 166 g/mol. The number of nitrogens with two attached hydrogens (primary N) is 1. The maximum Gasteiger partial charge on any atom is 0.102 e. The van der Waals surface area contributed by atoms with Gasteiger partial charge < -0.3 is 10.4 Å². The Morgan fingerprint density at radius 2 is 2.00 bits per heavy atom. The lowest BCUT2D eigenvalue weighted by Gasteiger charge is -2.03. The van der Waals surface area contributed by atoms with Crippen molar-refractivity contribution in [2.75, 3.05) is 6.54 Å². The third kappa shape index (κ3) is 3.51. The fraction of sp³-hybridized carbons (Fsp3) is 0.400. The van der Waals surface area contributed by atoms with Crippen LogP contribution in [0.15, 0.2) is 30.3 Å². The molecule has 0 spiro atoms. The molecule has 66 valence electrons. The van der Waals surface area contributed by atoms with E-state index >= 15 is 0 Å². The molecule has 1 aromatic rings. The summed E-state index contributed by atoms with van der Waals surface area (Å²) in [5, 5.41) is 11.1. The van der Waals surface area contributed by atoms with Crippen molar-refractivity contribution in [1.29, 1.82) is 0 Å². The zero-order valence-electron chi connectivity index (χ0n) is 7.40. The third-order valence-corrected chi connectivity index (χ3v) is 1.73. The molecule has 0 saturated heterocycles. The standard InChI is InChI=1S/C10H15NO/c1-9(12)7-11-8-10-5-3-2-4-6-10/h2-6,9,11-12H,7-8H2,1H3/p+1/t9-/m0/s1. The summed E-state index contributed by atoms with van der Waals surface area (Å²) in [4.78, 5) is 0. The minimum atomic E-state index is -0.214. The van der Waals surface area contributed by atoms with Gasteiger partial charge in [0.15, 0.2) is 0 Å². The van der Waals surface area contributed by atoms with Crippen LogP contribution in [0, 0.1) is 0 Å². The number of hydrogen-bond donors (Lipinski definition) is 2. The van der Waals surface area contributed by atoms with E-state index in [0.717, 1.165) is 13.1 Å². The molecule has 12 heavy (non-hydrogen) atoms. The molecule has 0 amide bonds. The highest BCUT2D eigenvalue weighted by molar-refractivity contribution is 5.12. The van der Waals surface area contributed by atoms with Gasteiger partial charge in [0.25, 0.3) is 0 Å². The summed E-state index contributed by atoms with van der Waals surface area (Å²) in [7, 11) is 0. The maximum atomic E-state index is 9.00. The Balaban J connectivity index is 2.25. The molecule has 0 aliphatic heterocycles. The van der Waals surface area contributed by atoms with Crippen molar-refractivity contribution in [3.63, 3.8) is 0 Å². The molecule has 0 fully saturated rings. The fourth-order valence-electron chi connectivity index (χ4n) is 1.11. The number of quaternary nitrogens is 1. The van der Waals surface area contributed by atoms with Crippen LogP contribution in [0.4, 0.5) is 0 Å². The summed E-state index contributed by atoms with van der Waals surface area (Å²) in [6.45, 7) is 3.53. The lowest BCUT2D eigenvalue weighted by atomic mass is 10.2. The Kier molecular flexibility index (Phi) is 3.77. The molecular weight excluding hydrogens is 150 g/mol. The van der Waals surface area contributed by atoms with Gasteiger partial charge in [0, 0.05) is 5.56 Å². The minimum Gasteiger partial charge on any atom is -0.388 e. The van der Waals surface area contributed by atoms with E-state index in [9.17, 15) is 0 Å². The van der Waals surface area contributed by atoms with E-state index in [4.69, 9.17) is 5.11 Å². The van der Waals surface area contributed by atoms with Crippen molar-refractivity contribution >= 4 is 0 Å². The Morgan fingerprint density at radius 1 is 1.33 bits per heavy atom. The van der Waals surface area contributed by atoms with Crippen LogP contribution in [0.2, 0.25) is 0 Å². The zero-order valence-corrected chi connectivity index (χ0v) is 7.40. The van der Waals surface area contributed by atoms with E-state index in [1.165, 1.54) is 5.56 Å². The predicted molar refractivity (Wildman–Crippen MR) is 48.6 cm³/mol. The monoisotopic (exact) mass is 166 g/mol. The molecule has 0 radical (unpaired) electrons. The summed E-state index contributed by atoms with van der Waals surface area (Å²) in [5.41, 5.74) is 1.30. The van der Waals surface area contributed by atoms with Crippen molar-refractivity contribution in [1.82, 2.24) is 0 Å². The quantitative estimate of drug-likeness (QED) is 0.655. The SMILES string of the molecule is C[C@H](O)C[NH2+]Cc1ccccc1. The van der Waals surface area contributed by atoms with E-state index < -0.39 is 0 Å². The van der Waals surface area contributed by atoms with Crippen molar-refractivity contribution in [3.05, 3.63) is 35.9 Å². The second-order valence-electron chi connectivity index (χ2n) is 3.06. The van der Waals surface area contributed by atoms with Crippen LogP contribution in [0.3, 0.4) is 0 Å². The van der Waals surface area contributed by atoms with E-state index in [0.29, 0.717) is 0 Å². The molecule has 0 bridgehead atoms. The summed E-state index contributed by atoms with van der Waals surface area (Å²) in [5.74, 6) is 0. The highest BCUT2D eigenvalue weighted by Gasteiger charge is 1.97. The van der Waals surface area contributed by atoms with Gasteiger partial charge in [0.1, 0.15) is 13.1 Å². The molecule has 0 aromatic heterocycles. The van der Waals surface area contributed by atoms with Gasteiger partial charge in [-0.3, -0.25) is 0 Å². The third-order valence-electron chi connectivity index (χ3n) is 1.73. The van der Waals surface area contributed by atoms with Crippen LogP contribution in [0.25, 0.3) is 0 Å². The summed E-state index contributed by atoms with van der Waals surface area (Å²) < 4.78 is 0. The van der Waals surface area contributed by atoms with Crippen LogP contribution < -0.4 is 5.32 Å². The average Bonchev–Trinajstić information content (AvgIpc) is 2.05. The lowest BCUT2D eigenvalue weighted by molar-refractivity contribution is -0.676. The van der Waals surface area contributed by atoms with Gasteiger partial charge in [0.05, 0.1) is 6.10 Å². The molecule has 0 heterocycles. The number of rotatable bonds is 4. The van der Waals surface area contributed by atoms with Gasteiger partial charge in [-0.05, 0) is 6.92 Å². The van der Waals surface area contributed by atoms with Crippen molar-refractivity contribution < 1.29 is 10.4 Å². The first kappa shape index (κ1) is 9.23. The maximum absolute atomic E-state index is 9.00. The van der Waals surface area contributed by atoms with E-state index in [-0.39, 0.29) is 6.10 Å². The van der Waals surface area contributed by atoms with Crippen LogP contribution >= 0.6 is 0 Å². The second-order valence-corrected chi connectivity index (χ2v) is 3.06. The molecule has 2 heteroatoms. The van der Waals surface area contributed by atoms with Gasteiger partial charge in [-0.15, -0.1) is 0 Å². The molecule has 0 aliphatic rings. The molecule has 1 atom stereocenters. The van der Waals surface area contributed by atoms with Crippen LogP contribution in [-0.4, -0.2) is 17.8 Å². The number of aliphatic hydroxyl groups is 1. The number of benzene rings is 1. The van der Waals surface area contributed by atoms with Crippen LogP contribution in [0.1, 0.15) is 12.5 Å². The Labute approximate surface area is 73.2 Å². The second kappa shape index (κ2) is 4.91. The van der Waals surface area contributed by atoms with E-state index in [1.54, 1.807) is 0 Å². The first-order valence-electron chi connectivity index (χ1n) is 4.32. The smallest absolute Gasteiger partial charge is 0.102 e. The molecular formula is C10H16NO+. The summed E-state index contributed by atoms with van der Waals surface area (Å²) >= 11 is 0. The topological polar surface area (TPSA) is 36.8 Å². The Hall–Kier alpha value is -0.860. The number of hydrogen-bond acceptors (Lipinski definition) is 1. The largest absolute Gasteiger partial charge is 0.388 e. The van der Waals surface area contributed by atoms with Crippen molar-refractivity contribution in [3.8, 4) is 0 Å².